The molecule has 0 saturated carbocycles. The van der Waals surface area contributed by atoms with Crippen molar-refractivity contribution in [2.24, 2.45) is 5.73 Å². The summed E-state index contributed by atoms with van der Waals surface area (Å²) in [6.45, 7) is 2.01. The minimum atomic E-state index is -0.408. The van der Waals surface area contributed by atoms with Crippen LogP contribution in [0, 0.1) is 12.7 Å². The van der Waals surface area contributed by atoms with Crippen molar-refractivity contribution in [3.8, 4) is 0 Å². The van der Waals surface area contributed by atoms with Gasteiger partial charge in [0.25, 0.3) is 0 Å². The van der Waals surface area contributed by atoms with Gasteiger partial charge in [-0.15, -0.1) is 0 Å². The normalized spacial score (nSPS) is 12.5. The van der Waals surface area contributed by atoms with E-state index in [1.165, 1.54) is 6.07 Å². The van der Waals surface area contributed by atoms with Gasteiger partial charge in [0.1, 0.15) is 5.82 Å². The largest absolute Gasteiger partial charge is 0.324 e. The monoisotopic (exact) mass is 341 g/mol. The highest BCUT2D eigenvalue weighted by Gasteiger charge is 2.14. The average molecular weight is 343 g/mol. The fourth-order valence-corrected chi connectivity index (χ4v) is 2.77. The molecular weight excluding hydrogens is 329 g/mol. The van der Waals surface area contributed by atoms with Gasteiger partial charge in [-0.05, 0) is 36.1 Å². The number of nitrogens with two attached hydrogens (primary N) is 1. The molecule has 2 aromatic rings. The first-order valence-corrected chi connectivity index (χ1v) is 7.11. The maximum Gasteiger partial charge on any atom is 0.142 e. The van der Waals surface area contributed by atoms with Crippen LogP contribution in [0.1, 0.15) is 22.7 Å². The van der Waals surface area contributed by atoms with Gasteiger partial charge in [0.2, 0.25) is 0 Å². The third-order valence-corrected chi connectivity index (χ3v) is 4.60. The second-order valence-corrected chi connectivity index (χ2v) is 5.67. The van der Waals surface area contributed by atoms with E-state index in [4.69, 9.17) is 17.3 Å². The molecular formula is C15H14BrClFN. The third kappa shape index (κ3) is 3.16. The van der Waals surface area contributed by atoms with Gasteiger partial charge < -0.3 is 5.73 Å². The van der Waals surface area contributed by atoms with Crippen LogP contribution >= 0.6 is 27.5 Å². The highest BCUT2D eigenvalue weighted by atomic mass is 79.9. The zero-order chi connectivity index (χ0) is 14.0. The van der Waals surface area contributed by atoms with Crippen molar-refractivity contribution in [3.63, 3.8) is 0 Å². The van der Waals surface area contributed by atoms with Crippen LogP contribution in [0.25, 0.3) is 0 Å². The van der Waals surface area contributed by atoms with Crippen LogP contribution < -0.4 is 5.73 Å². The lowest BCUT2D eigenvalue weighted by Gasteiger charge is -2.16. The van der Waals surface area contributed by atoms with E-state index in [2.05, 4.69) is 15.9 Å². The van der Waals surface area contributed by atoms with Crippen LogP contribution in [0.2, 0.25) is 5.02 Å². The zero-order valence-electron chi connectivity index (χ0n) is 10.5. The molecule has 1 nitrogen and oxygen atoms in total. The minimum absolute atomic E-state index is 0.154. The van der Waals surface area contributed by atoms with E-state index < -0.39 is 5.82 Å². The fourth-order valence-electron chi connectivity index (χ4n) is 2.01. The second-order valence-electron chi connectivity index (χ2n) is 4.50. The molecule has 1 atom stereocenters. The molecule has 0 spiro atoms. The average Bonchev–Trinajstić information content (AvgIpc) is 2.38. The highest BCUT2D eigenvalue weighted by molar-refractivity contribution is 9.10. The van der Waals surface area contributed by atoms with Crippen LogP contribution in [-0.2, 0) is 6.42 Å². The molecule has 100 valence electrons. The van der Waals surface area contributed by atoms with Crippen molar-refractivity contribution in [3.05, 3.63) is 68.4 Å². The van der Waals surface area contributed by atoms with Gasteiger partial charge in [0.05, 0.1) is 5.02 Å². The van der Waals surface area contributed by atoms with Gasteiger partial charge in [0, 0.05) is 10.5 Å². The number of hydrogen-bond acceptors (Lipinski definition) is 1. The Hall–Kier alpha value is -0.900. The standard InChI is InChI=1S/C15H14BrClFN/c1-9-4-2-6-11(14(9)16)13(19)8-10-5-3-7-12(18)15(10)17/h2-7,13H,8,19H2,1H3. The van der Waals surface area contributed by atoms with Crippen LogP contribution in [0.4, 0.5) is 4.39 Å². The summed E-state index contributed by atoms with van der Waals surface area (Å²) in [5.41, 5.74) is 9.05. The van der Waals surface area contributed by atoms with Crippen molar-refractivity contribution in [2.45, 2.75) is 19.4 Å². The quantitative estimate of drug-likeness (QED) is 0.852. The molecule has 4 heteroatoms. The predicted molar refractivity (Wildman–Crippen MR) is 80.9 cm³/mol. The number of benzene rings is 2. The van der Waals surface area contributed by atoms with Gasteiger partial charge >= 0.3 is 0 Å². The fraction of sp³-hybridized carbons (Fsp3) is 0.200. The second kappa shape index (κ2) is 6.04. The number of hydrogen-bond donors (Lipinski definition) is 1. The Morgan fingerprint density at radius 1 is 1.26 bits per heavy atom. The Morgan fingerprint density at radius 2 is 1.95 bits per heavy atom. The van der Waals surface area contributed by atoms with Gasteiger partial charge in [-0.2, -0.15) is 0 Å². The molecule has 0 aliphatic heterocycles. The van der Waals surface area contributed by atoms with Gasteiger partial charge in [-0.1, -0.05) is 57.9 Å². The number of halogens is 3. The molecule has 2 N–H and O–H groups in total. The lowest BCUT2D eigenvalue weighted by molar-refractivity contribution is 0.622. The molecule has 0 fully saturated rings. The molecule has 0 saturated heterocycles. The number of aryl methyl sites for hydroxylation is 1. The van der Waals surface area contributed by atoms with Crippen molar-refractivity contribution < 1.29 is 4.39 Å². The Bertz CT molecular complexity index is 601. The Labute approximate surface area is 125 Å². The maximum absolute atomic E-state index is 13.4. The third-order valence-electron chi connectivity index (χ3n) is 3.09. The summed E-state index contributed by atoms with van der Waals surface area (Å²) in [7, 11) is 0. The molecule has 0 radical (unpaired) electrons. The maximum atomic E-state index is 13.4. The smallest absolute Gasteiger partial charge is 0.142 e. The molecule has 0 aliphatic carbocycles. The first-order valence-electron chi connectivity index (χ1n) is 5.94. The van der Waals surface area contributed by atoms with Crippen molar-refractivity contribution in [1.82, 2.24) is 0 Å². The van der Waals surface area contributed by atoms with E-state index in [1.54, 1.807) is 12.1 Å². The predicted octanol–water partition coefficient (Wildman–Crippen LogP) is 4.79. The summed E-state index contributed by atoms with van der Waals surface area (Å²) >= 11 is 9.49. The first-order chi connectivity index (χ1) is 9.00. The van der Waals surface area contributed by atoms with Crippen molar-refractivity contribution >= 4 is 27.5 Å². The van der Waals surface area contributed by atoms with Gasteiger partial charge in [-0.3, -0.25) is 0 Å². The summed E-state index contributed by atoms with van der Waals surface area (Å²) in [5.74, 6) is -0.408. The van der Waals surface area contributed by atoms with Crippen LogP contribution in [-0.4, -0.2) is 0 Å². The Morgan fingerprint density at radius 3 is 2.68 bits per heavy atom. The highest BCUT2D eigenvalue weighted by Crippen LogP contribution is 2.29. The molecule has 0 aliphatic rings. The van der Waals surface area contributed by atoms with E-state index in [1.807, 2.05) is 25.1 Å². The molecule has 0 heterocycles. The van der Waals surface area contributed by atoms with Crippen LogP contribution in [0.15, 0.2) is 40.9 Å². The van der Waals surface area contributed by atoms with Gasteiger partial charge in [-0.25, -0.2) is 4.39 Å². The zero-order valence-corrected chi connectivity index (χ0v) is 12.8. The SMILES string of the molecule is Cc1cccc(C(N)Cc2cccc(F)c2Cl)c1Br. The molecule has 19 heavy (non-hydrogen) atoms. The Kier molecular flexibility index (Phi) is 4.61. The summed E-state index contributed by atoms with van der Waals surface area (Å²) in [4.78, 5) is 0. The Balaban J connectivity index is 2.28. The molecule has 2 aromatic carbocycles. The van der Waals surface area contributed by atoms with Crippen LogP contribution in [0.5, 0.6) is 0 Å². The van der Waals surface area contributed by atoms with E-state index in [-0.39, 0.29) is 11.1 Å². The van der Waals surface area contributed by atoms with E-state index in [0.29, 0.717) is 6.42 Å². The summed E-state index contributed by atoms with van der Waals surface area (Å²) in [5, 5.41) is 0.154. The van der Waals surface area contributed by atoms with Crippen molar-refractivity contribution in [1.29, 1.82) is 0 Å². The van der Waals surface area contributed by atoms with Gasteiger partial charge in [0.15, 0.2) is 0 Å². The summed E-state index contributed by atoms with van der Waals surface area (Å²) in [6.07, 6.45) is 0.499. The minimum Gasteiger partial charge on any atom is -0.324 e. The van der Waals surface area contributed by atoms with Crippen LogP contribution in [0.3, 0.4) is 0 Å². The number of rotatable bonds is 3. The lowest BCUT2D eigenvalue weighted by Crippen LogP contribution is -2.14. The molecule has 0 bridgehead atoms. The molecule has 0 amide bonds. The topological polar surface area (TPSA) is 26.0 Å². The lowest BCUT2D eigenvalue weighted by atomic mass is 9.98. The molecule has 2 rings (SSSR count). The first kappa shape index (κ1) is 14.5. The van der Waals surface area contributed by atoms with Crippen molar-refractivity contribution in [2.75, 3.05) is 0 Å². The summed E-state index contributed by atoms with van der Waals surface area (Å²) in [6, 6.07) is 10.5. The molecule has 1 unspecified atom stereocenters. The van der Waals surface area contributed by atoms with E-state index in [9.17, 15) is 4.39 Å². The van der Waals surface area contributed by atoms with E-state index in [0.717, 1.165) is 21.2 Å². The van der Waals surface area contributed by atoms with E-state index >= 15 is 0 Å². The summed E-state index contributed by atoms with van der Waals surface area (Å²) < 4.78 is 14.4. The molecule has 0 aromatic heterocycles.